The van der Waals surface area contributed by atoms with Crippen molar-refractivity contribution in [1.29, 1.82) is 0 Å². The largest absolute Gasteiger partial charge is 0.309 e. The number of rotatable bonds is 6. The topological polar surface area (TPSA) is 6.48 Å². The van der Waals surface area contributed by atoms with Gasteiger partial charge < -0.3 is 9.80 Å². The summed E-state index contributed by atoms with van der Waals surface area (Å²) >= 11 is 0. The standard InChI is InChI=1S/C72H52N2/c1-71(2)59-41-58-60(42-57(59)69-55-35-15-13-33-53(55)67(43-61(69)71)73(63-37-17-25-45-21-5-9-29-49(45)63)64-38-18-26-46-22-6-10-30-50(46)64)72(3,4)62-44-68(54-34-14-16-36-56(54)70(58)62)74(65-39-19-27-47-23-7-11-31-51(47)65)66-40-20-28-48-24-8-12-32-52(48)66/h5-44H,1-4H3. The second kappa shape index (κ2) is 15.8. The molecule has 0 aliphatic heterocycles. The molecule has 0 bridgehead atoms. The maximum atomic E-state index is 2.60. The Labute approximate surface area is 432 Å². The molecule has 0 heterocycles. The summed E-state index contributed by atoms with van der Waals surface area (Å²) in [6, 6.07) is 90.9. The Morgan fingerprint density at radius 2 is 0.486 bits per heavy atom. The summed E-state index contributed by atoms with van der Waals surface area (Å²) in [5.74, 6) is 0. The average Bonchev–Trinajstić information content (AvgIpc) is 3.82. The number of hydrogen-bond acceptors (Lipinski definition) is 2. The SMILES string of the molecule is CC1(C)c2cc3c(cc2-c2c1cc(N(c1cccc4ccccc14)c1cccc4ccccc14)c1ccccc21)C(C)(C)c1cc(N(c2cccc4ccccc24)c2cccc4ccccc24)c2ccccc2c1-3. The molecule has 0 saturated carbocycles. The van der Waals surface area contributed by atoms with Crippen LogP contribution < -0.4 is 9.80 Å². The molecule has 2 heteroatoms. The van der Waals surface area contributed by atoms with Crippen molar-refractivity contribution >= 4 is 98.8 Å². The van der Waals surface area contributed by atoms with Gasteiger partial charge in [-0.25, -0.2) is 0 Å². The molecule has 74 heavy (non-hydrogen) atoms. The smallest absolute Gasteiger partial charge is 0.0544 e. The first-order chi connectivity index (χ1) is 36.3. The van der Waals surface area contributed by atoms with Crippen molar-refractivity contribution in [2.45, 2.75) is 38.5 Å². The highest BCUT2D eigenvalue weighted by Gasteiger charge is 2.44. The van der Waals surface area contributed by atoms with E-state index in [2.05, 4.69) is 280 Å². The molecule has 15 rings (SSSR count). The van der Waals surface area contributed by atoms with Gasteiger partial charge in [0, 0.05) is 43.1 Å². The third kappa shape index (κ3) is 6.00. The lowest BCUT2D eigenvalue weighted by Crippen LogP contribution is -2.18. The van der Waals surface area contributed by atoms with Crippen molar-refractivity contribution in [1.82, 2.24) is 0 Å². The molecule has 13 aromatic rings. The predicted molar refractivity (Wildman–Crippen MR) is 316 cm³/mol. The van der Waals surface area contributed by atoms with Gasteiger partial charge in [0.05, 0.1) is 34.1 Å². The minimum absolute atomic E-state index is 0.316. The van der Waals surface area contributed by atoms with Gasteiger partial charge in [-0.15, -0.1) is 0 Å². The van der Waals surface area contributed by atoms with Crippen molar-refractivity contribution in [2.24, 2.45) is 0 Å². The van der Waals surface area contributed by atoms with Gasteiger partial charge in [0.15, 0.2) is 0 Å². The molecule has 0 saturated heterocycles. The van der Waals surface area contributed by atoms with E-state index in [9.17, 15) is 0 Å². The second-order valence-electron chi connectivity index (χ2n) is 21.6. The van der Waals surface area contributed by atoms with Crippen LogP contribution in [0.1, 0.15) is 49.9 Å². The molecular formula is C72H52N2. The van der Waals surface area contributed by atoms with E-state index in [4.69, 9.17) is 0 Å². The molecule has 350 valence electrons. The molecule has 2 aliphatic carbocycles. The highest BCUT2D eigenvalue weighted by molar-refractivity contribution is 6.17. The molecule has 0 fully saturated rings. The summed E-state index contributed by atoms with van der Waals surface area (Å²) in [5.41, 5.74) is 17.2. The van der Waals surface area contributed by atoms with Crippen LogP contribution in [0.5, 0.6) is 0 Å². The number of hydrogen-bond donors (Lipinski definition) is 0. The Morgan fingerprint density at radius 3 is 0.797 bits per heavy atom. The zero-order valence-electron chi connectivity index (χ0n) is 42.0. The molecule has 2 aliphatic rings. The van der Waals surface area contributed by atoms with Gasteiger partial charge in [0.2, 0.25) is 0 Å². The van der Waals surface area contributed by atoms with Crippen molar-refractivity contribution in [3.63, 3.8) is 0 Å². The van der Waals surface area contributed by atoms with Crippen LogP contribution in [0.3, 0.4) is 0 Å². The monoisotopic (exact) mass is 944 g/mol. The van der Waals surface area contributed by atoms with Crippen LogP contribution in [0, 0.1) is 0 Å². The molecule has 0 radical (unpaired) electrons. The Kier molecular flexibility index (Phi) is 9.09. The Hall–Kier alpha value is -8.98. The van der Waals surface area contributed by atoms with E-state index in [0.717, 1.165) is 0 Å². The van der Waals surface area contributed by atoms with Crippen LogP contribution in [-0.2, 0) is 10.8 Å². The summed E-state index contributed by atoms with van der Waals surface area (Å²) in [5, 5.41) is 14.8. The van der Waals surface area contributed by atoms with E-state index in [1.165, 1.54) is 143 Å². The van der Waals surface area contributed by atoms with Crippen LogP contribution in [0.15, 0.2) is 243 Å². The van der Waals surface area contributed by atoms with Crippen LogP contribution in [0.4, 0.5) is 34.1 Å². The van der Waals surface area contributed by atoms with Crippen LogP contribution in [-0.4, -0.2) is 0 Å². The lowest BCUT2D eigenvalue weighted by atomic mass is 9.79. The second-order valence-corrected chi connectivity index (χ2v) is 21.6. The summed E-state index contributed by atoms with van der Waals surface area (Å²) in [4.78, 5) is 5.10. The zero-order valence-corrected chi connectivity index (χ0v) is 42.0. The fourth-order valence-corrected chi connectivity index (χ4v) is 13.4. The van der Waals surface area contributed by atoms with Gasteiger partial charge in [0.1, 0.15) is 0 Å². The highest BCUT2D eigenvalue weighted by atomic mass is 15.2. The van der Waals surface area contributed by atoms with Gasteiger partial charge in [-0.3, -0.25) is 0 Å². The van der Waals surface area contributed by atoms with E-state index in [1.54, 1.807) is 0 Å². The number of nitrogens with zero attached hydrogens (tertiary/aromatic N) is 2. The lowest BCUT2D eigenvalue weighted by molar-refractivity contribution is 0.652. The third-order valence-corrected chi connectivity index (χ3v) is 16.9. The minimum atomic E-state index is -0.316. The van der Waals surface area contributed by atoms with Gasteiger partial charge in [-0.1, -0.05) is 222 Å². The van der Waals surface area contributed by atoms with Gasteiger partial charge in [0.25, 0.3) is 0 Å². The van der Waals surface area contributed by atoms with Gasteiger partial charge in [-0.2, -0.15) is 0 Å². The first-order valence-corrected chi connectivity index (χ1v) is 26.1. The van der Waals surface area contributed by atoms with E-state index in [1.807, 2.05) is 0 Å². The summed E-state index contributed by atoms with van der Waals surface area (Å²) < 4.78 is 0. The molecule has 0 aromatic heterocycles. The highest BCUT2D eigenvalue weighted by Crippen LogP contribution is 2.61. The molecule has 0 N–H and O–H groups in total. The molecule has 0 amide bonds. The third-order valence-electron chi connectivity index (χ3n) is 16.9. The number of benzene rings is 13. The molecule has 13 aromatic carbocycles. The van der Waals surface area contributed by atoms with Crippen molar-refractivity contribution in [3.05, 3.63) is 265 Å². The van der Waals surface area contributed by atoms with Crippen LogP contribution in [0.25, 0.3) is 86.9 Å². The maximum absolute atomic E-state index is 2.60. The lowest BCUT2D eigenvalue weighted by Gasteiger charge is -2.31. The Bertz CT molecular complexity index is 4050. The molecule has 0 spiro atoms. The van der Waals surface area contributed by atoms with E-state index < -0.39 is 0 Å². The summed E-state index contributed by atoms with van der Waals surface area (Å²) in [6.07, 6.45) is 0. The summed E-state index contributed by atoms with van der Waals surface area (Å²) in [7, 11) is 0. The van der Waals surface area contributed by atoms with Crippen LogP contribution in [0.2, 0.25) is 0 Å². The fourth-order valence-electron chi connectivity index (χ4n) is 13.4. The van der Waals surface area contributed by atoms with E-state index >= 15 is 0 Å². The number of fused-ring (bicyclic) bond motifs is 14. The Balaban J connectivity index is 0.965. The minimum Gasteiger partial charge on any atom is -0.309 e. The first kappa shape index (κ1) is 42.7. The normalized spacial score (nSPS) is 13.9. The quantitative estimate of drug-likeness (QED) is 0.164. The zero-order chi connectivity index (χ0) is 49.5. The van der Waals surface area contributed by atoms with E-state index in [-0.39, 0.29) is 10.8 Å². The first-order valence-electron chi connectivity index (χ1n) is 26.1. The maximum Gasteiger partial charge on any atom is 0.0544 e. The van der Waals surface area contributed by atoms with Crippen molar-refractivity contribution in [3.8, 4) is 22.3 Å². The van der Waals surface area contributed by atoms with Gasteiger partial charge in [-0.05, 0) is 125 Å². The number of anilines is 6. The molecule has 2 nitrogen and oxygen atoms in total. The van der Waals surface area contributed by atoms with E-state index in [0.29, 0.717) is 0 Å². The molecule has 0 atom stereocenters. The fraction of sp³-hybridized carbons (Fsp3) is 0.0833. The summed E-state index contributed by atoms with van der Waals surface area (Å²) in [6.45, 7) is 9.82. The van der Waals surface area contributed by atoms with Crippen molar-refractivity contribution < 1.29 is 0 Å². The van der Waals surface area contributed by atoms with Crippen molar-refractivity contribution in [2.75, 3.05) is 9.80 Å². The molecule has 0 unspecified atom stereocenters. The molecular weight excluding hydrogens is 893 g/mol. The van der Waals surface area contributed by atoms with Gasteiger partial charge >= 0.3 is 0 Å². The predicted octanol–water partition coefficient (Wildman–Crippen LogP) is 20.2. The average molecular weight is 945 g/mol. The van der Waals surface area contributed by atoms with Crippen LogP contribution >= 0.6 is 0 Å². The Morgan fingerprint density at radius 1 is 0.230 bits per heavy atom.